The first-order valence-corrected chi connectivity index (χ1v) is 8.05. The van der Waals surface area contributed by atoms with Crippen LogP contribution in [0.5, 0.6) is 0 Å². The summed E-state index contributed by atoms with van der Waals surface area (Å²) in [6, 6.07) is 6.79. The Morgan fingerprint density at radius 1 is 1.15 bits per heavy atom. The van der Waals surface area contributed by atoms with Crippen molar-refractivity contribution in [2.75, 3.05) is 6.54 Å². The van der Waals surface area contributed by atoms with Crippen molar-refractivity contribution in [3.63, 3.8) is 0 Å². The fourth-order valence-corrected chi connectivity index (χ4v) is 4.26. The first-order chi connectivity index (χ1) is 9.45. The van der Waals surface area contributed by atoms with Crippen molar-refractivity contribution in [1.29, 1.82) is 0 Å². The van der Waals surface area contributed by atoms with E-state index in [4.69, 9.17) is 52.1 Å². The quantitative estimate of drug-likeness (QED) is 0.782. The van der Waals surface area contributed by atoms with Gasteiger partial charge in [-0.15, -0.1) is 11.3 Å². The van der Waals surface area contributed by atoms with Gasteiger partial charge in [0, 0.05) is 28.1 Å². The molecule has 7 heteroatoms. The predicted molar refractivity (Wildman–Crippen MR) is 87.6 cm³/mol. The molecule has 2 unspecified atom stereocenters. The number of rotatable bonds is 4. The van der Waals surface area contributed by atoms with E-state index in [0.29, 0.717) is 29.8 Å². The predicted octanol–water partition coefficient (Wildman–Crippen LogP) is 5.14. The van der Waals surface area contributed by atoms with Crippen molar-refractivity contribution in [3.8, 4) is 0 Å². The second-order valence-corrected chi connectivity index (χ2v) is 7.30. The summed E-state index contributed by atoms with van der Waals surface area (Å²) in [7, 11) is 0. The third-order valence-corrected chi connectivity index (χ3v) is 5.18. The van der Waals surface area contributed by atoms with E-state index in [1.54, 1.807) is 24.3 Å². The summed E-state index contributed by atoms with van der Waals surface area (Å²) >= 11 is 25.5. The average molecular weight is 371 g/mol. The van der Waals surface area contributed by atoms with E-state index in [1.807, 2.05) is 0 Å². The fourth-order valence-electron chi connectivity index (χ4n) is 2.04. The molecular weight excluding hydrogens is 360 g/mol. The SMILES string of the molecule is NCC(c1c(Cl)cccc1Cl)C(O)c1cc(Cl)sc1Cl. The summed E-state index contributed by atoms with van der Waals surface area (Å²) in [5.74, 6) is -0.459. The lowest BCUT2D eigenvalue weighted by Gasteiger charge is -2.23. The van der Waals surface area contributed by atoms with Crippen LogP contribution in [0.25, 0.3) is 0 Å². The molecule has 108 valence electrons. The molecule has 1 heterocycles. The first-order valence-electron chi connectivity index (χ1n) is 5.72. The molecule has 3 N–H and O–H groups in total. The summed E-state index contributed by atoms with van der Waals surface area (Å²) < 4.78 is 0.939. The van der Waals surface area contributed by atoms with Gasteiger partial charge in [-0.2, -0.15) is 0 Å². The molecule has 0 aliphatic carbocycles. The van der Waals surface area contributed by atoms with Gasteiger partial charge < -0.3 is 10.8 Å². The zero-order valence-corrected chi connectivity index (χ0v) is 14.0. The van der Waals surface area contributed by atoms with Crippen LogP contribution in [0.3, 0.4) is 0 Å². The molecule has 2 atom stereocenters. The van der Waals surface area contributed by atoms with Crippen molar-refractivity contribution in [2.45, 2.75) is 12.0 Å². The van der Waals surface area contributed by atoms with E-state index in [9.17, 15) is 5.11 Å². The largest absolute Gasteiger partial charge is 0.388 e. The molecule has 0 fully saturated rings. The topological polar surface area (TPSA) is 46.2 Å². The van der Waals surface area contributed by atoms with Gasteiger partial charge in [0.1, 0.15) is 4.34 Å². The van der Waals surface area contributed by atoms with Gasteiger partial charge in [0.05, 0.1) is 10.4 Å². The number of halogens is 4. The summed E-state index contributed by atoms with van der Waals surface area (Å²) in [6.45, 7) is 0.175. The fraction of sp³-hybridized carbons (Fsp3) is 0.231. The minimum Gasteiger partial charge on any atom is -0.388 e. The van der Waals surface area contributed by atoms with E-state index in [-0.39, 0.29) is 6.54 Å². The van der Waals surface area contributed by atoms with Gasteiger partial charge in [0.15, 0.2) is 0 Å². The minimum absolute atomic E-state index is 0.175. The number of nitrogens with two attached hydrogens (primary N) is 1. The third-order valence-electron chi connectivity index (χ3n) is 3.01. The number of aliphatic hydroxyl groups is 1. The first kappa shape index (κ1) is 16.4. The Hall–Kier alpha value is -0.0000000000000000555. The zero-order chi connectivity index (χ0) is 14.9. The van der Waals surface area contributed by atoms with Gasteiger partial charge in [-0.25, -0.2) is 0 Å². The van der Waals surface area contributed by atoms with Gasteiger partial charge in [-0.3, -0.25) is 0 Å². The standard InChI is InChI=1S/C13H11Cl4NOS/c14-8-2-1-3-9(15)11(8)7(5-18)12(19)6-4-10(16)20-13(6)17/h1-4,7,12,19H,5,18H2. The highest BCUT2D eigenvalue weighted by Crippen LogP contribution is 2.43. The van der Waals surface area contributed by atoms with E-state index in [0.717, 1.165) is 0 Å². The molecule has 0 amide bonds. The van der Waals surface area contributed by atoms with Crippen molar-refractivity contribution >= 4 is 57.7 Å². The van der Waals surface area contributed by atoms with Crippen LogP contribution in [-0.4, -0.2) is 11.7 Å². The molecule has 2 nitrogen and oxygen atoms in total. The van der Waals surface area contributed by atoms with Gasteiger partial charge in [-0.1, -0.05) is 52.5 Å². The minimum atomic E-state index is -0.923. The van der Waals surface area contributed by atoms with Crippen LogP contribution in [0.15, 0.2) is 24.3 Å². The van der Waals surface area contributed by atoms with Gasteiger partial charge in [-0.05, 0) is 23.8 Å². The molecule has 0 aliphatic rings. The number of thiophene rings is 1. The Kier molecular flexibility index (Phi) is 5.60. The third kappa shape index (κ3) is 3.25. The smallest absolute Gasteiger partial charge is 0.100 e. The van der Waals surface area contributed by atoms with Crippen LogP contribution in [0.2, 0.25) is 18.7 Å². The lowest BCUT2D eigenvalue weighted by Crippen LogP contribution is -2.20. The van der Waals surface area contributed by atoms with E-state index >= 15 is 0 Å². The molecule has 20 heavy (non-hydrogen) atoms. The number of hydrogen-bond acceptors (Lipinski definition) is 3. The van der Waals surface area contributed by atoms with Crippen LogP contribution < -0.4 is 5.73 Å². The van der Waals surface area contributed by atoms with Crippen LogP contribution in [0.4, 0.5) is 0 Å². The molecular formula is C13H11Cl4NOS. The summed E-state index contributed by atoms with van der Waals surface area (Å²) in [6.07, 6.45) is -0.923. The van der Waals surface area contributed by atoms with Crippen LogP contribution in [0.1, 0.15) is 23.1 Å². The highest BCUT2D eigenvalue weighted by Gasteiger charge is 2.28. The van der Waals surface area contributed by atoms with Crippen molar-refractivity contribution in [2.24, 2.45) is 5.73 Å². The van der Waals surface area contributed by atoms with Gasteiger partial charge in [0.25, 0.3) is 0 Å². The molecule has 0 saturated heterocycles. The number of hydrogen-bond donors (Lipinski definition) is 2. The highest BCUT2D eigenvalue weighted by molar-refractivity contribution is 7.20. The molecule has 1 aromatic carbocycles. The van der Waals surface area contributed by atoms with Crippen LogP contribution >= 0.6 is 57.7 Å². The van der Waals surface area contributed by atoms with Crippen LogP contribution in [0, 0.1) is 0 Å². The maximum atomic E-state index is 10.5. The number of benzene rings is 1. The molecule has 0 bridgehead atoms. The Labute approximate surface area is 141 Å². The Morgan fingerprint density at radius 3 is 2.20 bits per heavy atom. The van der Waals surface area contributed by atoms with Gasteiger partial charge >= 0.3 is 0 Å². The molecule has 0 saturated carbocycles. The van der Waals surface area contributed by atoms with Crippen molar-refractivity contribution in [1.82, 2.24) is 0 Å². The Balaban J connectivity index is 2.45. The number of aliphatic hydroxyl groups excluding tert-OH is 1. The highest BCUT2D eigenvalue weighted by atomic mass is 35.5. The summed E-state index contributed by atoms with van der Waals surface area (Å²) in [5, 5.41) is 11.5. The maximum absolute atomic E-state index is 10.5. The van der Waals surface area contributed by atoms with Crippen LogP contribution in [-0.2, 0) is 0 Å². The monoisotopic (exact) mass is 369 g/mol. The van der Waals surface area contributed by atoms with E-state index < -0.39 is 12.0 Å². The average Bonchev–Trinajstić information content (AvgIpc) is 2.72. The lowest BCUT2D eigenvalue weighted by atomic mass is 9.90. The molecule has 2 rings (SSSR count). The van der Waals surface area contributed by atoms with Crippen molar-refractivity contribution < 1.29 is 5.11 Å². The summed E-state index contributed by atoms with van der Waals surface area (Å²) in [4.78, 5) is 0. The molecule has 1 aromatic heterocycles. The Bertz CT molecular complexity index is 596. The second-order valence-electron chi connectivity index (χ2n) is 4.20. The molecule has 0 spiro atoms. The molecule has 0 radical (unpaired) electrons. The molecule has 2 aromatic rings. The van der Waals surface area contributed by atoms with E-state index in [2.05, 4.69) is 0 Å². The Morgan fingerprint density at radius 2 is 1.75 bits per heavy atom. The normalized spacial score (nSPS) is 14.3. The van der Waals surface area contributed by atoms with Gasteiger partial charge in [0.2, 0.25) is 0 Å². The lowest BCUT2D eigenvalue weighted by molar-refractivity contribution is 0.148. The van der Waals surface area contributed by atoms with E-state index in [1.165, 1.54) is 11.3 Å². The summed E-state index contributed by atoms with van der Waals surface area (Å²) in [5.41, 5.74) is 6.94. The van der Waals surface area contributed by atoms with Crippen molar-refractivity contribution in [3.05, 3.63) is 54.1 Å². The molecule has 0 aliphatic heterocycles. The zero-order valence-electron chi connectivity index (χ0n) is 10.1. The second kappa shape index (κ2) is 6.84. The maximum Gasteiger partial charge on any atom is 0.100 e.